The quantitative estimate of drug-likeness (QED) is 0.850. The number of hydrogen-bond donors (Lipinski definition) is 2. The van der Waals surface area contributed by atoms with Crippen LogP contribution in [-0.2, 0) is 6.18 Å². The second kappa shape index (κ2) is 7.42. The van der Waals surface area contributed by atoms with Gasteiger partial charge in [-0.25, -0.2) is 4.98 Å². The lowest BCUT2D eigenvalue weighted by Gasteiger charge is -2.12. The van der Waals surface area contributed by atoms with Crippen molar-refractivity contribution in [2.45, 2.75) is 26.1 Å². The first-order valence-corrected chi connectivity index (χ1v) is 7.55. The molecule has 1 aromatic carbocycles. The molecule has 2 aromatic rings. The fourth-order valence-corrected chi connectivity index (χ4v) is 2.01. The fourth-order valence-electron chi connectivity index (χ4n) is 2.01. The van der Waals surface area contributed by atoms with E-state index in [1.807, 2.05) is 0 Å². The standard InChI is InChI=1S/C17H18F3N3O2/c1-10(2)22-16(24)14-8-12(21-3)9-15(23-14)25-13-6-4-5-11(7-13)17(18,19)20/h4-10H,1-3H3,(H,21,23)(H,22,24). The van der Waals surface area contributed by atoms with Gasteiger partial charge in [-0.1, -0.05) is 6.07 Å². The molecule has 5 nitrogen and oxygen atoms in total. The van der Waals surface area contributed by atoms with E-state index in [-0.39, 0.29) is 23.4 Å². The van der Waals surface area contributed by atoms with E-state index >= 15 is 0 Å². The molecule has 0 aliphatic heterocycles. The molecule has 2 rings (SSSR count). The zero-order valence-corrected chi connectivity index (χ0v) is 13.9. The lowest BCUT2D eigenvalue weighted by Crippen LogP contribution is -2.30. The van der Waals surface area contributed by atoms with Crippen LogP contribution in [-0.4, -0.2) is 24.0 Å². The number of amides is 1. The number of nitrogens with zero attached hydrogens (tertiary/aromatic N) is 1. The van der Waals surface area contributed by atoms with Gasteiger partial charge in [0, 0.05) is 24.8 Å². The van der Waals surface area contributed by atoms with E-state index in [0.717, 1.165) is 12.1 Å². The summed E-state index contributed by atoms with van der Waals surface area (Å²) in [7, 11) is 1.65. The third kappa shape index (κ3) is 5.10. The number of benzene rings is 1. The summed E-state index contributed by atoms with van der Waals surface area (Å²) in [4.78, 5) is 16.2. The maximum Gasteiger partial charge on any atom is 0.416 e. The maximum atomic E-state index is 12.8. The van der Waals surface area contributed by atoms with Crippen molar-refractivity contribution in [1.29, 1.82) is 0 Å². The number of carbonyl (C=O) groups excluding carboxylic acids is 1. The van der Waals surface area contributed by atoms with Crippen LogP contribution in [0.3, 0.4) is 0 Å². The highest BCUT2D eigenvalue weighted by Gasteiger charge is 2.30. The number of anilines is 1. The van der Waals surface area contributed by atoms with Crippen LogP contribution in [0.15, 0.2) is 36.4 Å². The van der Waals surface area contributed by atoms with Crippen molar-refractivity contribution < 1.29 is 22.7 Å². The van der Waals surface area contributed by atoms with Crippen LogP contribution >= 0.6 is 0 Å². The van der Waals surface area contributed by atoms with Crippen molar-refractivity contribution in [3.63, 3.8) is 0 Å². The van der Waals surface area contributed by atoms with E-state index in [0.29, 0.717) is 5.69 Å². The Balaban J connectivity index is 2.32. The van der Waals surface area contributed by atoms with E-state index in [1.54, 1.807) is 20.9 Å². The highest BCUT2D eigenvalue weighted by Crippen LogP contribution is 2.32. The fraction of sp³-hybridized carbons (Fsp3) is 0.294. The Morgan fingerprint density at radius 2 is 1.92 bits per heavy atom. The minimum Gasteiger partial charge on any atom is -0.439 e. The smallest absolute Gasteiger partial charge is 0.416 e. The van der Waals surface area contributed by atoms with Crippen molar-refractivity contribution in [3.8, 4) is 11.6 Å². The summed E-state index contributed by atoms with van der Waals surface area (Å²) in [5, 5.41) is 5.55. The molecule has 0 spiro atoms. The van der Waals surface area contributed by atoms with E-state index in [4.69, 9.17) is 4.74 Å². The number of hydrogen-bond acceptors (Lipinski definition) is 4. The first kappa shape index (κ1) is 18.6. The van der Waals surface area contributed by atoms with Crippen molar-refractivity contribution in [2.75, 3.05) is 12.4 Å². The van der Waals surface area contributed by atoms with Crippen LogP contribution in [0.25, 0.3) is 0 Å². The zero-order chi connectivity index (χ0) is 18.6. The SMILES string of the molecule is CNc1cc(Oc2cccc(C(F)(F)F)c2)nc(C(=O)NC(C)C)c1. The van der Waals surface area contributed by atoms with Crippen molar-refractivity contribution in [2.24, 2.45) is 0 Å². The molecule has 0 aliphatic carbocycles. The summed E-state index contributed by atoms with van der Waals surface area (Å²) in [5.74, 6) is -0.410. The molecule has 0 unspecified atom stereocenters. The number of nitrogens with one attached hydrogen (secondary N) is 2. The molecule has 134 valence electrons. The minimum atomic E-state index is -4.47. The molecule has 1 heterocycles. The lowest BCUT2D eigenvalue weighted by molar-refractivity contribution is -0.137. The second-order valence-electron chi connectivity index (χ2n) is 5.59. The van der Waals surface area contributed by atoms with Gasteiger partial charge < -0.3 is 15.4 Å². The molecule has 1 aromatic heterocycles. The minimum absolute atomic E-state index is 0.0140. The predicted molar refractivity (Wildman–Crippen MR) is 87.9 cm³/mol. The maximum absolute atomic E-state index is 12.8. The first-order valence-electron chi connectivity index (χ1n) is 7.55. The van der Waals surface area contributed by atoms with Gasteiger partial charge in [0.05, 0.1) is 5.56 Å². The number of aromatic nitrogens is 1. The molecule has 25 heavy (non-hydrogen) atoms. The predicted octanol–water partition coefficient (Wildman–Crippen LogP) is 4.07. The van der Waals surface area contributed by atoms with Crippen molar-refractivity contribution >= 4 is 11.6 Å². The van der Waals surface area contributed by atoms with Gasteiger partial charge in [-0.3, -0.25) is 4.79 Å². The monoisotopic (exact) mass is 353 g/mol. The molecular weight excluding hydrogens is 335 g/mol. The average molecular weight is 353 g/mol. The zero-order valence-electron chi connectivity index (χ0n) is 13.9. The van der Waals surface area contributed by atoms with Gasteiger partial charge in [-0.2, -0.15) is 13.2 Å². The molecule has 0 bridgehead atoms. The average Bonchev–Trinajstić information content (AvgIpc) is 2.53. The Labute approximate surface area is 143 Å². The molecule has 0 atom stereocenters. The Morgan fingerprint density at radius 1 is 1.20 bits per heavy atom. The summed E-state index contributed by atoms with van der Waals surface area (Å²) in [6.07, 6.45) is -4.47. The molecule has 8 heteroatoms. The molecule has 1 amide bonds. The molecule has 2 N–H and O–H groups in total. The van der Waals surface area contributed by atoms with Crippen LogP contribution < -0.4 is 15.4 Å². The van der Waals surface area contributed by atoms with Gasteiger partial charge in [-0.15, -0.1) is 0 Å². The topological polar surface area (TPSA) is 63.2 Å². The second-order valence-corrected chi connectivity index (χ2v) is 5.59. The van der Waals surface area contributed by atoms with Gasteiger partial charge in [0.1, 0.15) is 11.4 Å². The normalized spacial score (nSPS) is 11.3. The third-order valence-corrected chi connectivity index (χ3v) is 3.13. The van der Waals surface area contributed by atoms with Crippen molar-refractivity contribution in [1.82, 2.24) is 10.3 Å². The van der Waals surface area contributed by atoms with Gasteiger partial charge in [0.2, 0.25) is 5.88 Å². The van der Waals surface area contributed by atoms with E-state index < -0.39 is 17.6 Å². The van der Waals surface area contributed by atoms with Crippen molar-refractivity contribution in [3.05, 3.63) is 47.7 Å². The molecule has 0 radical (unpaired) electrons. The van der Waals surface area contributed by atoms with Gasteiger partial charge in [0.25, 0.3) is 5.91 Å². The van der Waals surface area contributed by atoms with Gasteiger partial charge in [0.15, 0.2) is 0 Å². The number of rotatable bonds is 5. The Morgan fingerprint density at radius 3 is 2.52 bits per heavy atom. The van der Waals surface area contributed by atoms with Gasteiger partial charge >= 0.3 is 6.18 Å². The number of ether oxygens (including phenoxy) is 1. The molecule has 0 saturated carbocycles. The number of alkyl halides is 3. The largest absolute Gasteiger partial charge is 0.439 e. The van der Waals surface area contributed by atoms with Crippen LogP contribution in [0.4, 0.5) is 18.9 Å². The molecule has 0 aliphatic rings. The van der Waals surface area contributed by atoms with E-state index in [1.165, 1.54) is 24.3 Å². The summed E-state index contributed by atoms with van der Waals surface area (Å²) < 4.78 is 43.8. The van der Waals surface area contributed by atoms with Crippen LogP contribution in [0.5, 0.6) is 11.6 Å². The van der Waals surface area contributed by atoms with Crippen LogP contribution in [0, 0.1) is 0 Å². The lowest BCUT2D eigenvalue weighted by atomic mass is 10.2. The summed E-state index contributed by atoms with van der Waals surface area (Å²) >= 11 is 0. The summed E-state index contributed by atoms with van der Waals surface area (Å²) in [6.45, 7) is 3.61. The first-order chi connectivity index (χ1) is 11.7. The van der Waals surface area contributed by atoms with E-state index in [9.17, 15) is 18.0 Å². The summed E-state index contributed by atoms with van der Waals surface area (Å²) in [5.41, 5.74) is -0.180. The number of halogens is 3. The Kier molecular flexibility index (Phi) is 5.51. The van der Waals surface area contributed by atoms with Crippen LogP contribution in [0.1, 0.15) is 29.9 Å². The highest BCUT2D eigenvalue weighted by atomic mass is 19.4. The Hall–Kier alpha value is -2.77. The summed E-state index contributed by atoms with van der Waals surface area (Å²) in [6, 6.07) is 7.39. The highest BCUT2D eigenvalue weighted by molar-refractivity contribution is 5.93. The molecule has 0 fully saturated rings. The molecular formula is C17H18F3N3O2. The van der Waals surface area contributed by atoms with Crippen LogP contribution in [0.2, 0.25) is 0 Å². The number of carbonyl (C=O) groups is 1. The van der Waals surface area contributed by atoms with E-state index in [2.05, 4.69) is 15.6 Å². The number of pyridine rings is 1. The third-order valence-electron chi connectivity index (χ3n) is 3.13. The molecule has 0 saturated heterocycles. The van der Waals surface area contributed by atoms with Gasteiger partial charge in [-0.05, 0) is 38.1 Å². The Bertz CT molecular complexity index is 761.